The summed E-state index contributed by atoms with van der Waals surface area (Å²) in [4.78, 5) is 87.8. The van der Waals surface area contributed by atoms with Crippen LogP contribution in [0.2, 0.25) is 5.02 Å². The van der Waals surface area contributed by atoms with Crippen LogP contribution in [0.15, 0.2) is 59.1 Å². The Morgan fingerprint density at radius 2 is 1.29 bits per heavy atom. The Balaban J connectivity index is 0.000000188. The van der Waals surface area contributed by atoms with Crippen LogP contribution in [0.5, 0.6) is 0 Å². The van der Waals surface area contributed by atoms with E-state index in [0.717, 1.165) is 0 Å². The van der Waals surface area contributed by atoms with Gasteiger partial charge in [0, 0.05) is 15.1 Å². The van der Waals surface area contributed by atoms with Crippen molar-refractivity contribution >= 4 is 76.7 Å². The second-order valence-corrected chi connectivity index (χ2v) is 18.2. The van der Waals surface area contributed by atoms with Crippen LogP contribution in [0.1, 0.15) is 55.3 Å². The molecule has 19 heteroatoms. The molecule has 0 saturated carbocycles. The molecule has 3 aromatic rings. The monoisotopic (exact) mass is 813 g/mol. The van der Waals surface area contributed by atoms with Crippen molar-refractivity contribution in [3.05, 3.63) is 76.5 Å². The van der Waals surface area contributed by atoms with Gasteiger partial charge in [0.05, 0.1) is 5.02 Å². The predicted octanol–water partition coefficient (Wildman–Crippen LogP) is 3.04. The molecule has 4 aliphatic heterocycles. The molecule has 4 amide bonds. The van der Waals surface area contributed by atoms with Crippen molar-refractivity contribution in [3.63, 3.8) is 0 Å². The third kappa shape index (κ3) is 6.90. The Kier molecular flexibility index (Phi) is 10.5. The first-order valence-electron chi connectivity index (χ1n) is 16.8. The molecule has 55 heavy (non-hydrogen) atoms. The summed E-state index contributed by atoms with van der Waals surface area (Å²) in [6, 6.07) is 11.3. The number of halogens is 1. The number of aliphatic carboxylic acids is 3. The van der Waals surface area contributed by atoms with Gasteiger partial charge in [-0.2, -0.15) is 0 Å². The van der Waals surface area contributed by atoms with Gasteiger partial charge in [-0.25, -0.2) is 9.59 Å². The number of carbonyl (C=O) groups is 7. The van der Waals surface area contributed by atoms with Crippen molar-refractivity contribution in [3.8, 4) is 11.3 Å². The van der Waals surface area contributed by atoms with Gasteiger partial charge in [-0.05, 0) is 46.2 Å². The number of rotatable bonds is 9. The zero-order valence-corrected chi connectivity index (χ0v) is 32.3. The van der Waals surface area contributed by atoms with Crippen molar-refractivity contribution in [1.29, 1.82) is 0 Å². The van der Waals surface area contributed by atoms with E-state index in [0.29, 0.717) is 21.9 Å². The number of β-lactam (4-membered cyclic amide) rings is 2. The molecule has 0 radical (unpaired) electrons. The number of hydrogen-bond donors (Lipinski definition) is 5. The van der Waals surface area contributed by atoms with Crippen molar-refractivity contribution < 1.29 is 53.4 Å². The molecule has 1 unspecified atom stereocenters. The van der Waals surface area contributed by atoms with Gasteiger partial charge in [-0.15, -0.1) is 23.5 Å². The molecule has 0 aliphatic carbocycles. The summed E-state index contributed by atoms with van der Waals surface area (Å²) in [5, 5.41) is 36.9. The Morgan fingerprint density at radius 1 is 0.800 bits per heavy atom. The van der Waals surface area contributed by atoms with Crippen LogP contribution in [-0.2, 0) is 28.8 Å². The molecule has 7 atom stereocenters. The number of carbonyl (C=O) groups excluding carboxylic acids is 4. The Hall–Kier alpha value is -5.07. The quantitative estimate of drug-likeness (QED) is 0.154. The third-order valence-electron chi connectivity index (χ3n) is 9.80. The van der Waals surface area contributed by atoms with Crippen molar-refractivity contribution in [2.75, 3.05) is 0 Å². The Morgan fingerprint density at radius 3 is 1.78 bits per heavy atom. The lowest BCUT2D eigenvalue weighted by atomic mass is 9.94. The molecule has 4 aliphatic rings. The first-order chi connectivity index (χ1) is 25.8. The predicted molar refractivity (Wildman–Crippen MR) is 199 cm³/mol. The van der Waals surface area contributed by atoms with Gasteiger partial charge < -0.3 is 40.3 Å². The smallest absolute Gasteiger partial charge is 0.327 e. The maximum Gasteiger partial charge on any atom is 0.327 e. The van der Waals surface area contributed by atoms with Crippen LogP contribution in [0.25, 0.3) is 11.3 Å². The van der Waals surface area contributed by atoms with Gasteiger partial charge in [0.2, 0.25) is 17.7 Å². The summed E-state index contributed by atoms with van der Waals surface area (Å²) in [7, 11) is 0. The van der Waals surface area contributed by atoms with E-state index in [9.17, 15) is 48.9 Å². The molecule has 4 saturated heterocycles. The van der Waals surface area contributed by atoms with E-state index in [1.54, 1.807) is 77.1 Å². The number of hydrogen-bond acceptors (Lipinski definition) is 11. The number of benzene rings is 2. The normalized spacial score (nSPS) is 25.9. The van der Waals surface area contributed by atoms with Gasteiger partial charge in [0.15, 0.2) is 5.92 Å². The van der Waals surface area contributed by atoms with E-state index in [-0.39, 0.29) is 11.3 Å². The average molecular weight is 814 g/mol. The van der Waals surface area contributed by atoms with Crippen molar-refractivity contribution in [2.45, 2.75) is 84.9 Å². The van der Waals surface area contributed by atoms with Crippen molar-refractivity contribution in [1.82, 2.24) is 25.6 Å². The van der Waals surface area contributed by atoms with E-state index < -0.39 is 91.9 Å². The molecule has 7 rings (SSSR count). The van der Waals surface area contributed by atoms with Crippen LogP contribution in [0, 0.1) is 6.92 Å². The first-order valence-corrected chi connectivity index (χ1v) is 19.0. The highest BCUT2D eigenvalue weighted by molar-refractivity contribution is 8.02. The number of aryl methyl sites for hydroxylation is 1. The molecule has 5 heterocycles. The Bertz CT molecular complexity index is 2110. The van der Waals surface area contributed by atoms with Crippen LogP contribution < -0.4 is 10.6 Å². The van der Waals surface area contributed by atoms with Crippen LogP contribution in [0.3, 0.4) is 0 Å². The van der Waals surface area contributed by atoms with Gasteiger partial charge in [-0.3, -0.25) is 24.0 Å². The number of thioether (sulfide) groups is 2. The molecule has 4 fully saturated rings. The summed E-state index contributed by atoms with van der Waals surface area (Å²) >= 11 is 8.88. The maximum absolute atomic E-state index is 13.0. The van der Waals surface area contributed by atoms with Gasteiger partial charge in [0.25, 0.3) is 5.91 Å². The molecular weight excluding hydrogens is 778 g/mol. The Labute approximate surface area is 327 Å². The molecule has 1 aromatic heterocycles. The summed E-state index contributed by atoms with van der Waals surface area (Å²) < 4.78 is 3.83. The van der Waals surface area contributed by atoms with Gasteiger partial charge in [0.1, 0.15) is 51.9 Å². The highest BCUT2D eigenvalue weighted by atomic mass is 35.5. The summed E-state index contributed by atoms with van der Waals surface area (Å²) in [6.07, 6.45) is 0. The largest absolute Gasteiger partial charge is 0.480 e. The molecule has 16 nitrogen and oxygen atoms in total. The standard InChI is InChI=1S/C19H18ClN3O5S.C17H18N2O6S/c1-8-11(12(22-28-8)9-6-4-5-7-10(9)20)15(24)21-13-16(25)23-14(18(26)27)19(2,3)29-17(13)23;1-17(2)11(16(24)25)19-13(21)10(14(19)26-17)18-12(20)9(15(22)23)8-6-4-3-5-7-8/h4-7,13-14,17H,1-3H3,(H,21,24)(H,26,27);3-7,9-11,14H,1-2H3,(H,18,20)(H,22,23)(H,24,25)/t13-,14+,17-;9?,10-,11+,14-/m11/s1. The molecule has 290 valence electrons. The number of nitrogens with zero attached hydrogens (tertiary/aromatic N) is 3. The SMILES string of the molecule is CC1(C)S[C@@H]2[C@H](NC(=O)C(C(=O)O)c3ccccc3)C(=O)N2[C@H]1C(=O)O.Cc1onc(-c2ccccc2Cl)c1C(=O)N[C@@H]1C(=O)N2[C@@H]1SC(C)(C)[C@@H]2C(=O)O. The zero-order valence-electron chi connectivity index (χ0n) is 29.9. The van der Waals surface area contributed by atoms with Crippen LogP contribution in [0.4, 0.5) is 0 Å². The summed E-state index contributed by atoms with van der Waals surface area (Å²) in [5.74, 6) is -6.85. The second-order valence-electron chi connectivity index (χ2n) is 14.3. The molecule has 2 aromatic carbocycles. The van der Waals surface area contributed by atoms with E-state index in [2.05, 4.69) is 15.8 Å². The topological polar surface area (TPSA) is 237 Å². The summed E-state index contributed by atoms with van der Waals surface area (Å²) in [5.41, 5.74) is 1.34. The van der Waals surface area contributed by atoms with E-state index in [1.807, 2.05) is 0 Å². The lowest BCUT2D eigenvalue weighted by molar-refractivity contribution is -0.161. The number of amides is 4. The first kappa shape index (κ1) is 39.6. The van der Waals surface area contributed by atoms with E-state index >= 15 is 0 Å². The highest BCUT2D eigenvalue weighted by Crippen LogP contribution is 2.52. The minimum atomic E-state index is -1.44. The molecular formula is C36H36ClN5O11S2. The zero-order chi connectivity index (χ0) is 40.3. The maximum atomic E-state index is 13.0. The molecule has 5 N–H and O–H groups in total. The number of carboxylic acid groups (broad SMARTS) is 3. The van der Waals surface area contributed by atoms with Crippen LogP contribution >= 0.6 is 35.1 Å². The van der Waals surface area contributed by atoms with Crippen LogP contribution in [-0.4, -0.2) is 116 Å². The van der Waals surface area contributed by atoms with Gasteiger partial charge in [-0.1, -0.05) is 65.3 Å². The number of carboxylic acids is 3. The van der Waals surface area contributed by atoms with E-state index in [1.165, 1.54) is 45.5 Å². The third-order valence-corrected chi connectivity index (χ3v) is 13.3. The number of aromatic nitrogens is 1. The molecule has 0 spiro atoms. The number of nitrogens with one attached hydrogen (secondary N) is 2. The fourth-order valence-electron chi connectivity index (χ4n) is 7.27. The van der Waals surface area contributed by atoms with Gasteiger partial charge >= 0.3 is 17.9 Å². The molecule has 0 bridgehead atoms. The van der Waals surface area contributed by atoms with Crippen molar-refractivity contribution in [2.24, 2.45) is 0 Å². The summed E-state index contributed by atoms with van der Waals surface area (Å²) in [6.45, 7) is 8.61. The lowest BCUT2D eigenvalue weighted by Crippen LogP contribution is -2.71. The lowest BCUT2D eigenvalue weighted by Gasteiger charge is -2.43. The second kappa shape index (κ2) is 14.5. The average Bonchev–Trinajstić information content (AvgIpc) is 3.71. The minimum Gasteiger partial charge on any atom is -0.480 e. The minimum absolute atomic E-state index is 0.196. The highest BCUT2D eigenvalue weighted by Gasteiger charge is 2.65. The fraction of sp³-hybridized carbons (Fsp3) is 0.389. The number of fused-ring (bicyclic) bond motifs is 2. The van der Waals surface area contributed by atoms with E-state index in [4.69, 9.17) is 16.1 Å². The fourth-order valence-corrected chi connectivity index (χ4v) is 10.7.